The van der Waals surface area contributed by atoms with Crippen LogP contribution in [0.15, 0.2) is 66.7 Å². The van der Waals surface area contributed by atoms with Gasteiger partial charge in [-0.3, -0.25) is 0 Å². The van der Waals surface area contributed by atoms with E-state index in [0.29, 0.717) is 6.54 Å². The van der Waals surface area contributed by atoms with Gasteiger partial charge in [0.05, 0.1) is 6.10 Å². The van der Waals surface area contributed by atoms with Crippen molar-refractivity contribution in [2.45, 2.75) is 6.10 Å². The van der Waals surface area contributed by atoms with Crippen LogP contribution in [0.25, 0.3) is 6.08 Å². The minimum atomic E-state index is -0.452. The highest BCUT2D eigenvalue weighted by molar-refractivity contribution is 5.48. The van der Waals surface area contributed by atoms with E-state index in [1.807, 2.05) is 48.5 Å². The van der Waals surface area contributed by atoms with Crippen molar-refractivity contribution in [2.24, 2.45) is 0 Å². The Balaban J connectivity index is 1.71. The van der Waals surface area contributed by atoms with Gasteiger partial charge in [0.2, 0.25) is 0 Å². The van der Waals surface area contributed by atoms with Gasteiger partial charge in [-0.1, -0.05) is 72.8 Å². The standard InChI is InChI=1S/C17H19NO/c19-17(16-11-5-2-6-12-16)14-18-13-7-10-15-8-3-1-4-9-15/h1-12,17-19H,13-14H2/b10-7+/t17-/m0/s1. The maximum atomic E-state index is 9.95. The van der Waals surface area contributed by atoms with Gasteiger partial charge >= 0.3 is 0 Å². The summed E-state index contributed by atoms with van der Waals surface area (Å²) in [5, 5.41) is 13.2. The second-order valence-electron chi connectivity index (χ2n) is 4.40. The van der Waals surface area contributed by atoms with E-state index in [4.69, 9.17) is 0 Å². The Kier molecular flexibility index (Phi) is 5.35. The van der Waals surface area contributed by atoms with Gasteiger partial charge in [0.25, 0.3) is 0 Å². The molecule has 0 spiro atoms. The molecule has 0 aliphatic heterocycles. The summed E-state index contributed by atoms with van der Waals surface area (Å²) in [6.45, 7) is 1.31. The number of hydrogen-bond donors (Lipinski definition) is 2. The largest absolute Gasteiger partial charge is 0.387 e. The summed E-state index contributed by atoms with van der Waals surface area (Å²) in [7, 11) is 0. The number of rotatable bonds is 6. The van der Waals surface area contributed by atoms with Crippen LogP contribution >= 0.6 is 0 Å². The molecule has 0 amide bonds. The van der Waals surface area contributed by atoms with E-state index in [1.165, 1.54) is 5.56 Å². The van der Waals surface area contributed by atoms with E-state index >= 15 is 0 Å². The number of aliphatic hydroxyl groups excluding tert-OH is 1. The summed E-state index contributed by atoms with van der Waals surface area (Å²) in [4.78, 5) is 0. The van der Waals surface area contributed by atoms with Gasteiger partial charge in [0, 0.05) is 13.1 Å². The van der Waals surface area contributed by atoms with Crippen molar-refractivity contribution in [1.29, 1.82) is 0 Å². The number of aliphatic hydroxyl groups is 1. The van der Waals surface area contributed by atoms with E-state index in [0.717, 1.165) is 12.1 Å². The first-order valence-electron chi connectivity index (χ1n) is 6.51. The quantitative estimate of drug-likeness (QED) is 0.776. The van der Waals surface area contributed by atoms with Gasteiger partial charge in [-0.15, -0.1) is 0 Å². The van der Waals surface area contributed by atoms with Gasteiger partial charge in [0.15, 0.2) is 0 Å². The van der Waals surface area contributed by atoms with Gasteiger partial charge < -0.3 is 10.4 Å². The summed E-state index contributed by atoms with van der Waals surface area (Å²) in [6, 6.07) is 19.9. The van der Waals surface area contributed by atoms with E-state index in [9.17, 15) is 5.11 Å². The third kappa shape index (κ3) is 4.70. The molecule has 0 unspecified atom stereocenters. The molecule has 2 nitrogen and oxygen atoms in total. The average Bonchev–Trinajstić information content (AvgIpc) is 2.49. The maximum absolute atomic E-state index is 9.95. The highest BCUT2D eigenvalue weighted by Crippen LogP contribution is 2.10. The van der Waals surface area contributed by atoms with Crippen LogP contribution in [0.5, 0.6) is 0 Å². The molecule has 2 rings (SSSR count). The van der Waals surface area contributed by atoms with Crippen LogP contribution in [0.1, 0.15) is 17.2 Å². The summed E-state index contributed by atoms with van der Waals surface area (Å²) in [5.74, 6) is 0. The fraction of sp³-hybridized carbons (Fsp3) is 0.176. The SMILES string of the molecule is O[C@@H](CNC/C=C/c1ccccc1)c1ccccc1. The molecule has 19 heavy (non-hydrogen) atoms. The first-order valence-corrected chi connectivity index (χ1v) is 6.51. The minimum absolute atomic E-state index is 0.452. The molecule has 0 saturated heterocycles. The van der Waals surface area contributed by atoms with Crippen molar-refractivity contribution < 1.29 is 5.11 Å². The van der Waals surface area contributed by atoms with E-state index in [-0.39, 0.29) is 0 Å². The molecular weight excluding hydrogens is 234 g/mol. The van der Waals surface area contributed by atoms with Crippen LogP contribution < -0.4 is 5.32 Å². The highest BCUT2D eigenvalue weighted by Gasteiger charge is 2.04. The maximum Gasteiger partial charge on any atom is 0.0914 e. The molecular formula is C17H19NO. The lowest BCUT2D eigenvalue weighted by atomic mass is 10.1. The summed E-state index contributed by atoms with van der Waals surface area (Å²) >= 11 is 0. The Morgan fingerprint density at radius 1 is 0.947 bits per heavy atom. The third-order valence-electron chi connectivity index (χ3n) is 2.89. The number of benzene rings is 2. The van der Waals surface area contributed by atoms with Crippen molar-refractivity contribution in [3.63, 3.8) is 0 Å². The molecule has 2 N–H and O–H groups in total. The third-order valence-corrected chi connectivity index (χ3v) is 2.89. The zero-order valence-corrected chi connectivity index (χ0v) is 10.9. The van der Waals surface area contributed by atoms with E-state index in [1.54, 1.807) is 0 Å². The molecule has 0 fully saturated rings. The molecule has 2 aromatic rings. The van der Waals surface area contributed by atoms with Gasteiger partial charge in [0.1, 0.15) is 0 Å². The fourth-order valence-electron chi connectivity index (χ4n) is 1.86. The van der Waals surface area contributed by atoms with Crippen LogP contribution in [0.3, 0.4) is 0 Å². The number of hydrogen-bond acceptors (Lipinski definition) is 2. The first kappa shape index (κ1) is 13.5. The average molecular weight is 253 g/mol. The molecule has 1 atom stereocenters. The summed E-state index contributed by atoms with van der Waals surface area (Å²) in [5.41, 5.74) is 2.13. The molecule has 98 valence electrons. The monoisotopic (exact) mass is 253 g/mol. The Bertz CT molecular complexity index is 493. The van der Waals surface area contributed by atoms with Gasteiger partial charge in [-0.05, 0) is 11.1 Å². The van der Waals surface area contributed by atoms with Gasteiger partial charge in [-0.25, -0.2) is 0 Å². The van der Waals surface area contributed by atoms with E-state index in [2.05, 4.69) is 29.6 Å². The minimum Gasteiger partial charge on any atom is -0.387 e. The zero-order valence-electron chi connectivity index (χ0n) is 10.9. The molecule has 2 heteroatoms. The fourth-order valence-corrected chi connectivity index (χ4v) is 1.86. The normalized spacial score (nSPS) is 12.7. The Morgan fingerprint density at radius 2 is 1.58 bits per heavy atom. The second kappa shape index (κ2) is 7.52. The molecule has 0 heterocycles. The van der Waals surface area contributed by atoms with Crippen molar-refractivity contribution in [3.8, 4) is 0 Å². The molecule has 0 aliphatic rings. The van der Waals surface area contributed by atoms with Crippen LogP contribution in [-0.4, -0.2) is 18.2 Å². The molecule has 0 bridgehead atoms. The van der Waals surface area contributed by atoms with Crippen molar-refractivity contribution >= 4 is 6.08 Å². The molecule has 0 saturated carbocycles. The zero-order chi connectivity index (χ0) is 13.3. The number of nitrogens with one attached hydrogen (secondary N) is 1. The Labute approximate surface area is 114 Å². The van der Waals surface area contributed by atoms with E-state index < -0.39 is 6.10 Å². The molecule has 0 radical (unpaired) electrons. The van der Waals surface area contributed by atoms with Gasteiger partial charge in [-0.2, -0.15) is 0 Å². The molecule has 0 aliphatic carbocycles. The Hall–Kier alpha value is -1.90. The summed E-state index contributed by atoms with van der Waals surface area (Å²) in [6.07, 6.45) is 3.68. The van der Waals surface area contributed by atoms with Crippen molar-refractivity contribution in [2.75, 3.05) is 13.1 Å². The van der Waals surface area contributed by atoms with Crippen LogP contribution in [0, 0.1) is 0 Å². The summed E-state index contributed by atoms with van der Waals surface area (Å²) < 4.78 is 0. The highest BCUT2D eigenvalue weighted by atomic mass is 16.3. The van der Waals surface area contributed by atoms with Crippen molar-refractivity contribution in [3.05, 3.63) is 77.9 Å². The first-order chi connectivity index (χ1) is 9.36. The molecule has 0 aromatic heterocycles. The topological polar surface area (TPSA) is 32.3 Å². The van der Waals surface area contributed by atoms with Crippen LogP contribution in [-0.2, 0) is 0 Å². The van der Waals surface area contributed by atoms with Crippen LogP contribution in [0.2, 0.25) is 0 Å². The Morgan fingerprint density at radius 3 is 2.26 bits per heavy atom. The predicted octanol–water partition coefficient (Wildman–Crippen LogP) is 3.02. The van der Waals surface area contributed by atoms with Crippen molar-refractivity contribution in [1.82, 2.24) is 5.32 Å². The lowest BCUT2D eigenvalue weighted by molar-refractivity contribution is 0.176. The lowest BCUT2D eigenvalue weighted by Gasteiger charge is -2.10. The molecule has 2 aromatic carbocycles. The lowest BCUT2D eigenvalue weighted by Crippen LogP contribution is -2.21. The smallest absolute Gasteiger partial charge is 0.0914 e. The van der Waals surface area contributed by atoms with Crippen LogP contribution in [0.4, 0.5) is 0 Å². The second-order valence-corrected chi connectivity index (χ2v) is 4.40. The predicted molar refractivity (Wildman–Crippen MR) is 79.7 cm³/mol.